The largest absolute Gasteiger partial charge is 0.493 e. The number of amides is 1. The van der Waals surface area contributed by atoms with Crippen LogP contribution in [0.5, 0.6) is 17.2 Å². The number of methoxy groups -OCH3 is 1. The Morgan fingerprint density at radius 1 is 0.971 bits per heavy atom. The van der Waals surface area contributed by atoms with Gasteiger partial charge in [0.15, 0.2) is 17.3 Å². The number of non-ortho nitro benzene ring substituents is 1. The average Bonchev–Trinajstić information content (AvgIpc) is 3.29. The van der Waals surface area contributed by atoms with Gasteiger partial charge >= 0.3 is 11.6 Å². The molecule has 1 amide bonds. The quantitative estimate of drug-likeness (QED) is 0.215. The Hall–Kier alpha value is -5.26. The van der Waals surface area contributed by atoms with Crippen LogP contribution in [-0.2, 0) is 0 Å². The highest BCUT2D eigenvalue weighted by atomic mass is 16.6. The standard InChI is InChI=1S/C23H16N4O8/c1-33-21-10-14(13-24-25-23(28)22-11-15-4-2-3-5-18(15)34-22)6-8-20(21)35-19-9-7-16(26(29)30)12-17(19)27(31)32/h2-13H,1H3,(H,25,28)/b24-13+. The number of furan rings is 1. The minimum atomic E-state index is -0.777. The van der Waals surface area contributed by atoms with E-state index in [1.807, 2.05) is 12.1 Å². The molecular weight excluding hydrogens is 460 g/mol. The first kappa shape index (κ1) is 22.9. The van der Waals surface area contributed by atoms with E-state index in [-0.39, 0.29) is 23.0 Å². The molecule has 12 heteroatoms. The number of carbonyl (C=O) groups excluding carboxylic acids is 1. The van der Waals surface area contributed by atoms with E-state index in [1.165, 1.54) is 25.5 Å². The van der Waals surface area contributed by atoms with E-state index < -0.39 is 27.1 Å². The van der Waals surface area contributed by atoms with Gasteiger partial charge in [0.25, 0.3) is 5.69 Å². The Labute approximate surface area is 196 Å². The van der Waals surface area contributed by atoms with Gasteiger partial charge in [-0.15, -0.1) is 0 Å². The number of rotatable bonds is 8. The van der Waals surface area contributed by atoms with Gasteiger partial charge in [-0.25, -0.2) is 5.43 Å². The molecule has 0 saturated carbocycles. The van der Waals surface area contributed by atoms with E-state index >= 15 is 0 Å². The van der Waals surface area contributed by atoms with Crippen LogP contribution in [0.4, 0.5) is 11.4 Å². The summed E-state index contributed by atoms with van der Waals surface area (Å²) in [4.78, 5) is 33.0. The summed E-state index contributed by atoms with van der Waals surface area (Å²) >= 11 is 0. The summed E-state index contributed by atoms with van der Waals surface area (Å²) in [5, 5.41) is 26.9. The second-order valence-corrected chi connectivity index (χ2v) is 7.03. The van der Waals surface area contributed by atoms with Crippen molar-refractivity contribution >= 4 is 34.5 Å². The first-order chi connectivity index (χ1) is 16.9. The molecule has 0 bridgehead atoms. The van der Waals surface area contributed by atoms with Crippen LogP contribution in [0.2, 0.25) is 0 Å². The lowest BCUT2D eigenvalue weighted by atomic mass is 10.2. The van der Waals surface area contributed by atoms with Gasteiger partial charge in [-0.2, -0.15) is 5.10 Å². The van der Waals surface area contributed by atoms with E-state index in [1.54, 1.807) is 24.3 Å². The highest BCUT2D eigenvalue weighted by Gasteiger charge is 2.22. The molecule has 0 aliphatic carbocycles. The Bertz CT molecular complexity index is 1440. The van der Waals surface area contributed by atoms with Gasteiger partial charge in [-0.3, -0.25) is 25.0 Å². The van der Waals surface area contributed by atoms with Crippen molar-refractivity contribution < 1.29 is 28.5 Å². The van der Waals surface area contributed by atoms with Crippen LogP contribution in [-0.4, -0.2) is 29.1 Å². The monoisotopic (exact) mass is 476 g/mol. The minimum Gasteiger partial charge on any atom is -0.493 e. The second kappa shape index (κ2) is 9.70. The Kier molecular flexibility index (Phi) is 6.35. The second-order valence-electron chi connectivity index (χ2n) is 7.03. The third-order valence-corrected chi connectivity index (χ3v) is 4.79. The fourth-order valence-corrected chi connectivity index (χ4v) is 3.13. The van der Waals surface area contributed by atoms with Crippen LogP contribution >= 0.6 is 0 Å². The highest BCUT2D eigenvalue weighted by molar-refractivity contribution is 5.96. The van der Waals surface area contributed by atoms with Gasteiger partial charge in [-0.05, 0) is 42.0 Å². The number of nitro benzene ring substituents is 2. The number of hydrazone groups is 1. The smallest absolute Gasteiger partial charge is 0.318 e. The zero-order valence-corrected chi connectivity index (χ0v) is 18.0. The van der Waals surface area contributed by atoms with Crippen molar-refractivity contribution in [2.75, 3.05) is 7.11 Å². The molecule has 1 N–H and O–H groups in total. The number of carbonyl (C=O) groups is 1. The number of nitro groups is 2. The van der Waals surface area contributed by atoms with E-state index in [0.29, 0.717) is 11.1 Å². The van der Waals surface area contributed by atoms with Crippen LogP contribution in [0.25, 0.3) is 11.0 Å². The van der Waals surface area contributed by atoms with Gasteiger partial charge < -0.3 is 13.9 Å². The number of hydrogen-bond donors (Lipinski definition) is 1. The molecule has 0 fully saturated rings. The number of para-hydroxylation sites is 1. The summed E-state index contributed by atoms with van der Waals surface area (Å²) in [5.74, 6) is -0.277. The van der Waals surface area contributed by atoms with Crippen LogP contribution in [0.1, 0.15) is 16.1 Å². The molecule has 3 aromatic carbocycles. The number of nitrogens with zero attached hydrogens (tertiary/aromatic N) is 3. The molecule has 0 atom stereocenters. The zero-order valence-electron chi connectivity index (χ0n) is 18.0. The normalized spacial score (nSPS) is 10.9. The molecule has 0 unspecified atom stereocenters. The molecule has 4 aromatic rings. The van der Waals surface area contributed by atoms with Crippen molar-refractivity contribution in [3.63, 3.8) is 0 Å². The van der Waals surface area contributed by atoms with Gasteiger partial charge in [0.2, 0.25) is 5.75 Å². The SMILES string of the molecule is COc1cc(/C=N/NC(=O)c2cc3ccccc3o2)ccc1Oc1ccc([N+](=O)[O-])cc1[N+](=O)[O-]. The third-order valence-electron chi connectivity index (χ3n) is 4.79. The Balaban J connectivity index is 1.49. The molecule has 35 heavy (non-hydrogen) atoms. The van der Waals surface area contributed by atoms with Crippen molar-refractivity contribution in [1.29, 1.82) is 0 Å². The number of benzene rings is 3. The molecule has 1 aromatic heterocycles. The first-order valence-corrected chi connectivity index (χ1v) is 9.96. The topological polar surface area (TPSA) is 159 Å². The summed E-state index contributed by atoms with van der Waals surface area (Å²) in [6.45, 7) is 0. The van der Waals surface area contributed by atoms with E-state index in [4.69, 9.17) is 13.9 Å². The van der Waals surface area contributed by atoms with Crippen LogP contribution in [0, 0.1) is 20.2 Å². The maximum atomic E-state index is 12.3. The summed E-state index contributed by atoms with van der Waals surface area (Å²) in [5.41, 5.74) is 2.47. The molecule has 0 radical (unpaired) electrons. The van der Waals surface area contributed by atoms with Gasteiger partial charge in [0, 0.05) is 11.5 Å². The van der Waals surface area contributed by atoms with E-state index in [9.17, 15) is 25.0 Å². The number of nitrogens with one attached hydrogen (secondary N) is 1. The van der Waals surface area contributed by atoms with Crippen molar-refractivity contribution in [3.05, 3.63) is 98.3 Å². The van der Waals surface area contributed by atoms with E-state index in [2.05, 4.69) is 10.5 Å². The molecule has 0 saturated heterocycles. The van der Waals surface area contributed by atoms with E-state index in [0.717, 1.165) is 23.6 Å². The number of ether oxygens (including phenoxy) is 2. The Morgan fingerprint density at radius 3 is 2.46 bits per heavy atom. The third kappa shape index (κ3) is 5.06. The zero-order chi connectivity index (χ0) is 24.9. The van der Waals surface area contributed by atoms with Gasteiger partial charge in [0.05, 0.1) is 29.2 Å². The molecule has 4 rings (SSSR count). The van der Waals surface area contributed by atoms with Gasteiger partial charge in [-0.1, -0.05) is 18.2 Å². The minimum absolute atomic E-state index is 0.106. The van der Waals surface area contributed by atoms with Gasteiger partial charge in [0.1, 0.15) is 5.58 Å². The summed E-state index contributed by atoms with van der Waals surface area (Å²) in [6, 6.07) is 16.4. The summed E-state index contributed by atoms with van der Waals surface area (Å²) in [7, 11) is 1.37. The lowest BCUT2D eigenvalue weighted by Crippen LogP contribution is -2.16. The molecule has 176 valence electrons. The van der Waals surface area contributed by atoms with Crippen molar-refractivity contribution in [1.82, 2.24) is 5.43 Å². The number of fused-ring (bicyclic) bond motifs is 1. The Morgan fingerprint density at radius 2 is 1.74 bits per heavy atom. The maximum absolute atomic E-state index is 12.3. The molecule has 12 nitrogen and oxygen atoms in total. The molecule has 1 heterocycles. The predicted molar refractivity (Wildman–Crippen MR) is 124 cm³/mol. The summed E-state index contributed by atoms with van der Waals surface area (Å²) in [6.07, 6.45) is 1.36. The predicted octanol–water partition coefficient (Wildman–Crippen LogP) is 4.81. The average molecular weight is 476 g/mol. The van der Waals surface area contributed by atoms with Crippen LogP contribution < -0.4 is 14.9 Å². The number of hydrogen-bond acceptors (Lipinski definition) is 9. The highest BCUT2D eigenvalue weighted by Crippen LogP contribution is 2.38. The molecule has 0 aliphatic rings. The first-order valence-electron chi connectivity index (χ1n) is 9.96. The lowest BCUT2D eigenvalue weighted by molar-refractivity contribution is -0.394. The van der Waals surface area contributed by atoms with Crippen LogP contribution in [0.15, 0.2) is 76.2 Å². The summed E-state index contributed by atoms with van der Waals surface area (Å²) < 4.78 is 16.4. The fraction of sp³-hybridized carbons (Fsp3) is 0.0435. The molecule has 0 spiro atoms. The molecule has 0 aliphatic heterocycles. The van der Waals surface area contributed by atoms with Crippen molar-refractivity contribution in [2.24, 2.45) is 5.10 Å². The molecular formula is C23H16N4O8. The fourth-order valence-electron chi connectivity index (χ4n) is 3.13. The maximum Gasteiger partial charge on any atom is 0.318 e. The van der Waals surface area contributed by atoms with Crippen LogP contribution in [0.3, 0.4) is 0 Å². The van der Waals surface area contributed by atoms with Crippen molar-refractivity contribution in [3.8, 4) is 17.2 Å². The lowest BCUT2D eigenvalue weighted by Gasteiger charge is -2.11. The van der Waals surface area contributed by atoms with Crippen molar-refractivity contribution in [2.45, 2.75) is 0 Å².